The van der Waals surface area contributed by atoms with Crippen molar-refractivity contribution >= 4 is 11.8 Å². The normalized spacial score (nSPS) is 32.4. The number of carbonyl (C=O) groups excluding carboxylic acids is 2. The second kappa shape index (κ2) is 4.90. The highest BCUT2D eigenvalue weighted by molar-refractivity contribution is 5.78. The molecule has 3 fully saturated rings. The minimum Gasteiger partial charge on any atom is -0.353 e. The number of carbonyl (C=O) groups is 2. The summed E-state index contributed by atoms with van der Waals surface area (Å²) < 4.78 is 0. The number of hydrogen-bond acceptors (Lipinski definition) is 2. The molecular weight excluding hydrogens is 228 g/mol. The lowest BCUT2D eigenvalue weighted by atomic mass is 9.81. The molecule has 2 unspecified atom stereocenters. The smallest absolute Gasteiger partial charge is 0.222 e. The minimum atomic E-state index is 0.186. The third kappa shape index (κ3) is 2.38. The number of piperidine rings is 2. The summed E-state index contributed by atoms with van der Waals surface area (Å²) in [5.74, 6) is 1.67. The van der Waals surface area contributed by atoms with Crippen LogP contribution in [0.15, 0.2) is 0 Å². The fourth-order valence-corrected chi connectivity index (χ4v) is 3.41. The lowest BCUT2D eigenvalue weighted by Gasteiger charge is -2.42. The zero-order valence-electron chi connectivity index (χ0n) is 10.9. The van der Waals surface area contributed by atoms with Crippen molar-refractivity contribution in [3.63, 3.8) is 0 Å². The highest BCUT2D eigenvalue weighted by Gasteiger charge is 2.35. The summed E-state index contributed by atoms with van der Waals surface area (Å²) in [5, 5.41) is 3.06. The van der Waals surface area contributed by atoms with Crippen LogP contribution in [0.4, 0.5) is 0 Å². The van der Waals surface area contributed by atoms with Gasteiger partial charge in [-0.25, -0.2) is 0 Å². The first kappa shape index (κ1) is 12.0. The van der Waals surface area contributed by atoms with Gasteiger partial charge < -0.3 is 10.2 Å². The first-order valence-electron chi connectivity index (χ1n) is 7.29. The van der Waals surface area contributed by atoms with Crippen LogP contribution < -0.4 is 5.32 Å². The first-order chi connectivity index (χ1) is 8.72. The molecule has 0 aromatic heterocycles. The molecule has 0 aromatic rings. The predicted octanol–water partition coefficient (Wildman–Crippen LogP) is 1.30. The zero-order chi connectivity index (χ0) is 12.5. The fourth-order valence-electron chi connectivity index (χ4n) is 3.41. The van der Waals surface area contributed by atoms with Crippen molar-refractivity contribution in [1.29, 1.82) is 0 Å². The molecule has 2 amide bonds. The molecule has 100 valence electrons. The molecule has 0 aromatic carbocycles. The summed E-state index contributed by atoms with van der Waals surface area (Å²) in [7, 11) is 0. The van der Waals surface area contributed by atoms with E-state index in [9.17, 15) is 9.59 Å². The quantitative estimate of drug-likeness (QED) is 0.803. The van der Waals surface area contributed by atoms with E-state index in [1.807, 2.05) is 4.90 Å². The topological polar surface area (TPSA) is 49.4 Å². The Morgan fingerprint density at radius 3 is 2.83 bits per heavy atom. The fraction of sp³-hybridized carbons (Fsp3) is 0.857. The second-order valence-electron chi connectivity index (χ2n) is 6.10. The summed E-state index contributed by atoms with van der Waals surface area (Å²) in [6.45, 7) is 1.68. The van der Waals surface area contributed by atoms with E-state index in [1.165, 1.54) is 19.3 Å². The van der Waals surface area contributed by atoms with Crippen molar-refractivity contribution in [3.05, 3.63) is 0 Å². The highest BCUT2D eigenvalue weighted by Crippen LogP contribution is 2.31. The molecule has 0 bridgehead atoms. The lowest BCUT2D eigenvalue weighted by molar-refractivity contribution is -0.136. The van der Waals surface area contributed by atoms with Crippen LogP contribution in [0.2, 0.25) is 0 Å². The molecule has 3 rings (SSSR count). The lowest BCUT2D eigenvalue weighted by Crippen LogP contribution is -2.55. The van der Waals surface area contributed by atoms with E-state index < -0.39 is 0 Å². The molecule has 4 heteroatoms. The number of hydrogen-bond donors (Lipinski definition) is 1. The monoisotopic (exact) mass is 250 g/mol. The number of fused-ring (bicyclic) bond motifs is 1. The summed E-state index contributed by atoms with van der Waals surface area (Å²) in [6.07, 6.45) is 7.05. The van der Waals surface area contributed by atoms with Crippen LogP contribution in [0.5, 0.6) is 0 Å². The number of amides is 2. The minimum absolute atomic E-state index is 0.186. The molecule has 1 saturated carbocycles. The van der Waals surface area contributed by atoms with Crippen LogP contribution in [0.25, 0.3) is 0 Å². The van der Waals surface area contributed by atoms with E-state index in [4.69, 9.17) is 0 Å². The number of likely N-dealkylation sites (tertiary alicyclic amines) is 1. The van der Waals surface area contributed by atoms with Gasteiger partial charge in [-0.1, -0.05) is 6.42 Å². The molecule has 1 N–H and O–H groups in total. The van der Waals surface area contributed by atoms with Gasteiger partial charge in [0.1, 0.15) is 0 Å². The summed E-state index contributed by atoms with van der Waals surface area (Å²) >= 11 is 0. The Morgan fingerprint density at radius 1 is 1.28 bits per heavy atom. The molecule has 2 heterocycles. The van der Waals surface area contributed by atoms with Crippen molar-refractivity contribution in [3.8, 4) is 0 Å². The summed E-state index contributed by atoms with van der Waals surface area (Å²) in [6, 6.07) is 0.319. The maximum atomic E-state index is 12.2. The third-order valence-corrected chi connectivity index (χ3v) is 4.86. The van der Waals surface area contributed by atoms with E-state index in [0.717, 1.165) is 32.4 Å². The van der Waals surface area contributed by atoms with E-state index in [-0.39, 0.29) is 5.91 Å². The molecular formula is C14H22N2O2. The zero-order valence-corrected chi connectivity index (χ0v) is 10.9. The average Bonchev–Trinajstić information content (AvgIpc) is 2.33. The second-order valence-corrected chi connectivity index (χ2v) is 6.10. The van der Waals surface area contributed by atoms with Gasteiger partial charge in [0.15, 0.2) is 0 Å². The van der Waals surface area contributed by atoms with E-state index >= 15 is 0 Å². The number of nitrogens with one attached hydrogen (secondary N) is 1. The van der Waals surface area contributed by atoms with E-state index in [2.05, 4.69) is 5.32 Å². The van der Waals surface area contributed by atoms with Gasteiger partial charge in [-0.2, -0.15) is 0 Å². The van der Waals surface area contributed by atoms with Crippen molar-refractivity contribution in [1.82, 2.24) is 10.2 Å². The van der Waals surface area contributed by atoms with Crippen molar-refractivity contribution in [2.24, 2.45) is 11.8 Å². The summed E-state index contributed by atoms with van der Waals surface area (Å²) in [5.41, 5.74) is 0. The third-order valence-electron chi connectivity index (χ3n) is 4.86. The molecule has 2 atom stereocenters. The molecule has 4 nitrogen and oxygen atoms in total. The van der Waals surface area contributed by atoms with Crippen molar-refractivity contribution < 1.29 is 9.59 Å². The molecule has 0 spiro atoms. The molecule has 1 aliphatic carbocycles. The molecule has 0 radical (unpaired) electrons. The number of nitrogens with zero attached hydrogens (tertiary/aromatic N) is 1. The van der Waals surface area contributed by atoms with Gasteiger partial charge >= 0.3 is 0 Å². The molecule has 2 saturated heterocycles. The van der Waals surface area contributed by atoms with Crippen LogP contribution in [0.3, 0.4) is 0 Å². The Morgan fingerprint density at radius 2 is 2.11 bits per heavy atom. The molecule has 18 heavy (non-hydrogen) atoms. The maximum absolute atomic E-state index is 12.2. The number of rotatable bonds is 2. The average molecular weight is 250 g/mol. The Kier molecular flexibility index (Phi) is 3.27. The van der Waals surface area contributed by atoms with E-state index in [1.54, 1.807) is 0 Å². The standard InChI is InChI=1S/C14H22N2O2/c17-13-5-4-11-9-16(7-6-12(11)15-13)14(18)8-10-2-1-3-10/h10-12H,1-9H2,(H,15,17). The van der Waals surface area contributed by atoms with Crippen molar-refractivity contribution in [2.75, 3.05) is 13.1 Å². The Hall–Kier alpha value is -1.06. The molecule has 3 aliphatic rings. The Bertz CT molecular complexity index is 352. The van der Waals surface area contributed by atoms with Crippen molar-refractivity contribution in [2.45, 2.75) is 51.0 Å². The maximum Gasteiger partial charge on any atom is 0.222 e. The summed E-state index contributed by atoms with van der Waals surface area (Å²) in [4.78, 5) is 25.6. The van der Waals surface area contributed by atoms with Crippen LogP contribution in [-0.2, 0) is 9.59 Å². The highest BCUT2D eigenvalue weighted by atomic mass is 16.2. The largest absolute Gasteiger partial charge is 0.353 e. The van der Waals surface area contributed by atoms with Gasteiger partial charge in [0.2, 0.25) is 11.8 Å². The predicted molar refractivity (Wildman–Crippen MR) is 67.8 cm³/mol. The van der Waals surface area contributed by atoms with Gasteiger partial charge in [-0.3, -0.25) is 9.59 Å². The molecule has 2 aliphatic heterocycles. The van der Waals surface area contributed by atoms with Gasteiger partial charge in [-0.15, -0.1) is 0 Å². The van der Waals surface area contributed by atoms with Gasteiger partial charge in [0, 0.05) is 32.0 Å². The van der Waals surface area contributed by atoms with Gasteiger partial charge in [0.05, 0.1) is 0 Å². The van der Waals surface area contributed by atoms with Crippen LogP contribution in [-0.4, -0.2) is 35.8 Å². The first-order valence-corrected chi connectivity index (χ1v) is 7.29. The van der Waals surface area contributed by atoms with Crippen LogP contribution in [0.1, 0.15) is 44.9 Å². The van der Waals surface area contributed by atoms with Crippen LogP contribution in [0, 0.1) is 11.8 Å². The van der Waals surface area contributed by atoms with E-state index in [0.29, 0.717) is 30.2 Å². The van der Waals surface area contributed by atoms with Crippen LogP contribution >= 0.6 is 0 Å². The Balaban J connectivity index is 1.53. The SMILES string of the molecule is O=C1CCC2CN(C(=O)CC3CCC3)CCC2N1. The Labute approximate surface area is 108 Å². The van der Waals surface area contributed by atoms with Gasteiger partial charge in [-0.05, 0) is 37.5 Å². The van der Waals surface area contributed by atoms with Gasteiger partial charge in [0.25, 0.3) is 0 Å².